The van der Waals surface area contributed by atoms with E-state index in [1.54, 1.807) is 0 Å². The number of nitrogens with two attached hydrogens (primary N) is 2. The molecule has 0 atom stereocenters. The Morgan fingerprint density at radius 3 is 0.750 bits per heavy atom. The van der Waals surface area contributed by atoms with Crippen molar-refractivity contribution in [3.05, 3.63) is 0 Å². The van der Waals surface area contributed by atoms with Gasteiger partial charge in [0.2, 0.25) is 0 Å². The van der Waals surface area contributed by atoms with Crippen LogP contribution in [0.1, 0.15) is 29.7 Å². The summed E-state index contributed by atoms with van der Waals surface area (Å²) in [6, 6.07) is 0. The van der Waals surface area contributed by atoms with Gasteiger partial charge in [0.15, 0.2) is 0 Å². The average molecular weight is 280 g/mol. The molecule has 6 N–H and O–H groups in total. The molecule has 0 radical (unpaired) electrons. The Balaban J connectivity index is -0.0000000135. The zero-order valence-electron chi connectivity index (χ0n) is 5.67. The van der Waals surface area contributed by atoms with Crippen molar-refractivity contribution < 1.29 is 24.6 Å². The largest absolute Gasteiger partial charge is 0.503 e. The Morgan fingerprint density at radius 2 is 0.750 bits per heavy atom. The molecule has 0 saturated carbocycles. The molecule has 16 heavy (non-hydrogen) atoms. The van der Waals surface area contributed by atoms with Crippen molar-refractivity contribution in [3.63, 3.8) is 0 Å². The van der Waals surface area contributed by atoms with Gasteiger partial charge in [0.1, 0.15) is 0 Å². The van der Waals surface area contributed by atoms with E-state index < -0.39 is 16.6 Å². The lowest BCUT2D eigenvalue weighted by atomic mass is 11.5. The maximum atomic E-state index is 9.09. The lowest BCUT2D eigenvalue weighted by Crippen LogP contribution is -1.95. The zero-order valence-corrected chi connectivity index (χ0v) is 7.46. The summed E-state index contributed by atoms with van der Waals surface area (Å²) < 4.78 is 0. The second-order valence-corrected chi connectivity index (χ2v) is 1.84. The van der Waals surface area contributed by atoms with Crippen LogP contribution in [-0.2, 0) is 0 Å². The minimum atomic E-state index is -1.83. The predicted octanol–water partition coefficient (Wildman–Crippen LogP) is 2.76. The molecule has 2 amide bonds. The van der Waals surface area contributed by atoms with Crippen LogP contribution in [0.5, 0.6) is 0 Å². The topological polar surface area (TPSA) is 144 Å². The van der Waals surface area contributed by atoms with Gasteiger partial charge >= 0.3 is 6.16 Å². The number of thiol groups is 2. The van der Waals surface area contributed by atoms with Gasteiger partial charge in [0, 0.05) is 0 Å². The molecule has 0 heterocycles. The molecular formula is C7H24N2O5S2. The third-order valence-electron chi connectivity index (χ3n) is 0. The smallest absolute Gasteiger partial charge is 0.450 e. The third kappa shape index (κ3) is 1540. The second-order valence-electron chi connectivity index (χ2n) is 0.959. The van der Waals surface area contributed by atoms with Gasteiger partial charge in [-0.3, -0.25) is 9.59 Å². The van der Waals surface area contributed by atoms with Crippen molar-refractivity contribution in [2.24, 2.45) is 11.5 Å². The first-order valence-electron chi connectivity index (χ1n) is 2.08. The van der Waals surface area contributed by atoms with Crippen LogP contribution in [0.3, 0.4) is 0 Å². The molecule has 0 fully saturated rings. The molecule has 0 aromatic rings. The van der Waals surface area contributed by atoms with Gasteiger partial charge < -0.3 is 21.7 Å². The fraction of sp³-hybridized carbons (Fsp3) is 0.571. The van der Waals surface area contributed by atoms with E-state index in [4.69, 9.17) is 24.6 Å². The molecule has 104 valence electrons. The van der Waals surface area contributed by atoms with Gasteiger partial charge in [-0.2, -0.15) is 0 Å². The standard InChI is InChI=1S/2CH3NOS.CH2O3.4CH4/c3*2-1(3)4;;;;/h2*(H3,2,3,4);(H2,2,3,4);4*1H4. The van der Waals surface area contributed by atoms with Crippen molar-refractivity contribution in [3.8, 4) is 0 Å². The number of rotatable bonds is 0. The van der Waals surface area contributed by atoms with Crippen LogP contribution < -0.4 is 11.5 Å². The summed E-state index contributed by atoms with van der Waals surface area (Å²) in [6.45, 7) is 0. The molecule has 0 aromatic heterocycles. The normalized spacial score (nSPS) is 4.62. The Kier molecular flexibility index (Phi) is 107. The molecule has 7 nitrogen and oxygen atoms in total. The molecule has 0 aliphatic rings. The highest BCUT2D eigenvalue weighted by Gasteiger charge is 1.70. The Labute approximate surface area is 108 Å². The number of carbonyl (C=O) groups excluding carboxylic acids is 2. The van der Waals surface area contributed by atoms with Crippen molar-refractivity contribution in [1.29, 1.82) is 0 Å². The molecular weight excluding hydrogens is 256 g/mol. The monoisotopic (exact) mass is 280 g/mol. The number of amides is 2. The van der Waals surface area contributed by atoms with Crippen molar-refractivity contribution in [2.75, 3.05) is 0 Å². The van der Waals surface area contributed by atoms with Crippen LogP contribution in [0.15, 0.2) is 0 Å². The van der Waals surface area contributed by atoms with Crippen LogP contribution in [0, 0.1) is 0 Å². The van der Waals surface area contributed by atoms with E-state index in [0.717, 1.165) is 0 Å². The Hall–Kier alpha value is -1.09. The number of carbonyl (C=O) groups is 3. The summed E-state index contributed by atoms with van der Waals surface area (Å²) in [6.07, 6.45) is -1.83. The van der Waals surface area contributed by atoms with Crippen LogP contribution in [-0.4, -0.2) is 26.8 Å². The van der Waals surface area contributed by atoms with Gasteiger partial charge in [-0.25, -0.2) is 4.79 Å². The minimum absolute atomic E-state index is 0. The van der Waals surface area contributed by atoms with Gasteiger partial charge in [-0.1, -0.05) is 55.0 Å². The van der Waals surface area contributed by atoms with Gasteiger partial charge in [-0.15, -0.1) is 0 Å². The van der Waals surface area contributed by atoms with Crippen LogP contribution >= 0.6 is 25.3 Å². The quantitative estimate of drug-likeness (QED) is 0.378. The van der Waals surface area contributed by atoms with E-state index in [0.29, 0.717) is 0 Å². The maximum absolute atomic E-state index is 9.09. The van der Waals surface area contributed by atoms with Crippen molar-refractivity contribution in [1.82, 2.24) is 0 Å². The zero-order chi connectivity index (χ0) is 10.7. The highest BCUT2D eigenvalue weighted by Crippen LogP contribution is 1.61. The van der Waals surface area contributed by atoms with E-state index in [2.05, 4.69) is 36.7 Å². The predicted molar refractivity (Wildman–Crippen MR) is 74.7 cm³/mol. The summed E-state index contributed by atoms with van der Waals surface area (Å²) in [5, 5.41) is 12.7. The number of hydrogen-bond acceptors (Lipinski definition) is 3. The molecule has 0 aliphatic heterocycles. The van der Waals surface area contributed by atoms with Crippen LogP contribution in [0.25, 0.3) is 0 Å². The Morgan fingerprint density at radius 1 is 0.750 bits per heavy atom. The third-order valence-corrected chi connectivity index (χ3v) is 0. The molecule has 0 saturated heterocycles. The number of carboxylic acid groups (broad SMARTS) is 2. The lowest BCUT2D eigenvalue weighted by Gasteiger charge is -1.60. The van der Waals surface area contributed by atoms with E-state index >= 15 is 0 Å². The van der Waals surface area contributed by atoms with E-state index in [-0.39, 0.29) is 29.7 Å². The first-order chi connectivity index (χ1) is 5.20. The summed E-state index contributed by atoms with van der Waals surface area (Å²) in [5.74, 6) is 0. The fourth-order valence-electron chi connectivity index (χ4n) is 0. The molecule has 0 aliphatic carbocycles. The molecule has 0 bridgehead atoms. The summed E-state index contributed by atoms with van der Waals surface area (Å²) in [5.41, 5.74) is 8.67. The van der Waals surface area contributed by atoms with Crippen LogP contribution in [0.4, 0.5) is 14.4 Å². The van der Waals surface area contributed by atoms with E-state index in [1.165, 1.54) is 0 Å². The highest BCUT2D eigenvalue weighted by molar-refractivity contribution is 7.96. The lowest BCUT2D eigenvalue weighted by molar-refractivity contribution is 0.137. The van der Waals surface area contributed by atoms with Gasteiger partial charge in [-0.05, 0) is 0 Å². The molecule has 0 rings (SSSR count). The number of hydrogen-bond donors (Lipinski definition) is 6. The highest BCUT2D eigenvalue weighted by atomic mass is 32.1. The molecule has 9 heteroatoms. The van der Waals surface area contributed by atoms with E-state index in [1.807, 2.05) is 0 Å². The maximum Gasteiger partial charge on any atom is 0.503 e. The molecule has 0 spiro atoms. The minimum Gasteiger partial charge on any atom is -0.450 e. The molecule has 0 aromatic carbocycles. The van der Waals surface area contributed by atoms with Crippen molar-refractivity contribution in [2.45, 2.75) is 29.7 Å². The van der Waals surface area contributed by atoms with Gasteiger partial charge in [0.05, 0.1) is 0 Å². The first-order valence-corrected chi connectivity index (χ1v) is 2.98. The summed E-state index contributed by atoms with van der Waals surface area (Å²) in [4.78, 5) is 26.7. The average Bonchev–Trinajstić information content (AvgIpc) is 1.54. The van der Waals surface area contributed by atoms with E-state index in [9.17, 15) is 0 Å². The number of primary amides is 2. The first kappa shape index (κ1) is 46.1. The SMILES string of the molecule is C.C.C.C.NC(=O)S.NC(=O)S.O=C(O)O. The van der Waals surface area contributed by atoms with Crippen molar-refractivity contribution >= 4 is 41.9 Å². The fourth-order valence-corrected chi connectivity index (χ4v) is 0. The second kappa shape index (κ2) is 37.1. The molecule has 0 unspecified atom stereocenters. The summed E-state index contributed by atoms with van der Waals surface area (Å²) >= 11 is 6.21. The Bertz CT molecular complexity index is 126. The van der Waals surface area contributed by atoms with Crippen LogP contribution in [0.2, 0.25) is 0 Å². The summed E-state index contributed by atoms with van der Waals surface area (Å²) in [7, 11) is 0. The van der Waals surface area contributed by atoms with Gasteiger partial charge in [0.25, 0.3) is 10.5 Å².